The van der Waals surface area contributed by atoms with Crippen LogP contribution in [0.25, 0.3) is 16.9 Å². The summed E-state index contributed by atoms with van der Waals surface area (Å²) < 4.78 is 11.8. The summed E-state index contributed by atoms with van der Waals surface area (Å²) >= 11 is 0.0746. The monoisotopic (exact) mass is 961 g/mol. The van der Waals surface area contributed by atoms with Gasteiger partial charge in [-0.3, -0.25) is 0 Å². The van der Waals surface area contributed by atoms with Crippen LogP contribution in [-0.4, -0.2) is 17.9 Å². The first-order valence-corrected chi connectivity index (χ1v) is 28.1. The Bertz CT molecular complexity index is 1540. The van der Waals surface area contributed by atoms with E-state index in [-0.39, 0.29) is 18.7 Å². The normalized spacial score (nSPS) is 12.9. The van der Waals surface area contributed by atoms with E-state index in [0.717, 1.165) is 76.0 Å². The molecule has 2 aromatic carbocycles. The third-order valence-corrected chi connectivity index (χ3v) is 13.6. The van der Waals surface area contributed by atoms with Crippen LogP contribution in [0.5, 0.6) is 0 Å². The van der Waals surface area contributed by atoms with E-state index in [1.807, 2.05) is 0 Å². The van der Waals surface area contributed by atoms with E-state index in [1.54, 1.807) is 4.70 Å². The molecule has 63 heavy (non-hydrogen) atoms. The molecule has 0 atom stereocenters. The Labute approximate surface area is 400 Å². The minimum atomic E-state index is 0.0746. The first-order chi connectivity index (χ1) is 30.8. The molecule has 0 aromatic heterocycles. The van der Waals surface area contributed by atoms with Crippen molar-refractivity contribution in [1.82, 2.24) is 0 Å². The van der Waals surface area contributed by atoms with Crippen molar-refractivity contribution in [2.75, 3.05) is 13.2 Å². The number of hydrogen-bond donors (Lipinski definition) is 0. The van der Waals surface area contributed by atoms with Gasteiger partial charge in [0.1, 0.15) is 0 Å². The molecule has 0 fully saturated rings. The first kappa shape index (κ1) is 57.2. The van der Waals surface area contributed by atoms with Gasteiger partial charge in [0.25, 0.3) is 0 Å². The van der Waals surface area contributed by atoms with Crippen molar-refractivity contribution in [2.45, 2.75) is 261 Å². The molecule has 4 nitrogen and oxygen atoms in total. The summed E-state index contributed by atoms with van der Waals surface area (Å²) in [6, 6.07) is 14.1. The zero-order valence-corrected chi connectivity index (χ0v) is 44.1. The number of unbranched alkanes of at least 4 members (excludes halogenated alkanes) is 23. The summed E-state index contributed by atoms with van der Waals surface area (Å²) in [7, 11) is 0. The maximum atomic E-state index is 12.2. The summed E-state index contributed by atoms with van der Waals surface area (Å²) in [5, 5.41) is 0. The third kappa shape index (κ3) is 25.0. The van der Waals surface area contributed by atoms with Gasteiger partial charge in [-0.05, 0) is 94.2 Å². The van der Waals surface area contributed by atoms with Crippen molar-refractivity contribution in [3.8, 4) is 0 Å². The molecule has 1 aliphatic rings. The molecule has 0 amide bonds. The van der Waals surface area contributed by atoms with Crippen LogP contribution in [0.15, 0.2) is 47.5 Å². The van der Waals surface area contributed by atoms with E-state index in [1.165, 1.54) is 199 Å². The quantitative estimate of drug-likeness (QED) is 0.0382. The van der Waals surface area contributed by atoms with Crippen LogP contribution in [0.4, 0.5) is 0 Å². The second-order valence-corrected chi connectivity index (χ2v) is 19.9. The van der Waals surface area contributed by atoms with Crippen molar-refractivity contribution >= 4 is 11.4 Å². The van der Waals surface area contributed by atoms with Gasteiger partial charge in [-0.15, -0.1) is 0 Å². The number of aryl methyl sites for hydroxylation is 4. The molecule has 0 unspecified atom stereocenters. The van der Waals surface area contributed by atoms with Crippen LogP contribution in [0.3, 0.4) is 0 Å². The average molecular weight is 962 g/mol. The molecule has 3 rings (SSSR count). The van der Waals surface area contributed by atoms with E-state index >= 15 is 0 Å². The second-order valence-electron chi connectivity index (χ2n) is 18.8. The fourth-order valence-electron chi connectivity index (χ4n) is 9.09. The van der Waals surface area contributed by atoms with Gasteiger partial charge in [0, 0.05) is 22.3 Å². The van der Waals surface area contributed by atoms with Crippen molar-refractivity contribution in [1.29, 1.82) is 0 Å². The fraction of sp³-hybridized carbons (Fsp3) is 0.724. The van der Waals surface area contributed by atoms with Gasteiger partial charge >= 0.3 is 65.5 Å². The summed E-state index contributed by atoms with van der Waals surface area (Å²) in [4.78, 5) is 0. The number of allylic oxidation sites excluding steroid dienone is 2. The van der Waals surface area contributed by atoms with Crippen LogP contribution in [0.2, 0.25) is 0 Å². The molecular formula is C58H98N2O2Pd. The van der Waals surface area contributed by atoms with Gasteiger partial charge in [-0.2, -0.15) is 0 Å². The Morgan fingerprint density at radius 2 is 0.746 bits per heavy atom. The Balaban J connectivity index is 0.00000136. The molecule has 0 radical (unpaired) electrons. The molecule has 0 saturated heterocycles. The summed E-state index contributed by atoms with van der Waals surface area (Å²) in [6.07, 6.45) is 41.8. The standard InChI is InChI=1S/C52H84N2.2C3H7O.Pd/c1-7-11-14-16-18-20-22-24-26-28-30-32-34-45-37-43(5)39-47(41-45)51-49(10-4)50(36-13-9-3)52(54(51)53)48-40-44(6)38-46(42-48)35-33-31-29-27-25-23-21-19-17-15-12-8-2;2*1-2-3-4;/h37-42H,7-36H2,1-6H3;2*2-3H2,1H3;/q;2*-1;+2. The Morgan fingerprint density at radius 3 is 1.10 bits per heavy atom. The molecular weight excluding hydrogens is 863 g/mol. The average Bonchev–Trinajstić information content (AvgIpc) is 3.56. The van der Waals surface area contributed by atoms with Crippen molar-refractivity contribution < 1.29 is 30.3 Å². The molecule has 0 saturated carbocycles. The summed E-state index contributed by atoms with van der Waals surface area (Å²) in [5.74, 6) is 0. The van der Waals surface area contributed by atoms with Gasteiger partial charge in [0.15, 0.2) is 0 Å². The summed E-state index contributed by atoms with van der Waals surface area (Å²) in [5.41, 5.74) is 24.7. The van der Waals surface area contributed by atoms with E-state index in [4.69, 9.17) is 6.92 Å². The predicted molar refractivity (Wildman–Crippen MR) is 272 cm³/mol. The Morgan fingerprint density at radius 1 is 0.397 bits per heavy atom. The van der Waals surface area contributed by atoms with Crippen LogP contribution < -0.4 is 0 Å². The van der Waals surface area contributed by atoms with E-state index < -0.39 is 0 Å². The van der Waals surface area contributed by atoms with E-state index in [9.17, 15) is 5.53 Å². The van der Waals surface area contributed by atoms with Crippen molar-refractivity contribution in [3.05, 3.63) is 86.5 Å². The maximum absolute atomic E-state index is 12.2. The van der Waals surface area contributed by atoms with Crippen LogP contribution >= 0.6 is 0 Å². The van der Waals surface area contributed by atoms with Crippen LogP contribution in [0, 0.1) is 13.8 Å². The molecule has 0 spiro atoms. The third-order valence-electron chi connectivity index (χ3n) is 12.6. The van der Waals surface area contributed by atoms with E-state index in [0.29, 0.717) is 0 Å². The Kier molecular flexibility index (Phi) is 34.7. The molecule has 2 aromatic rings. The zero-order chi connectivity index (χ0) is 45.8. The summed E-state index contributed by atoms with van der Waals surface area (Å²) in [6.45, 7) is 19.5. The molecule has 0 bridgehead atoms. The van der Waals surface area contributed by atoms with Gasteiger partial charge in [0.05, 0.1) is 0 Å². The minimum absolute atomic E-state index is 0.0746. The SMILES string of the molecule is CCCCCCCCCCCCCCc1cc(C)cc(C2=C(CC)C(CCCC)=C(c3cc(C)cc(CCCCCCCCCCCCCC)c3)[N+]2=[N-])c1.CCC[O][Pd][O]CCC. The van der Waals surface area contributed by atoms with Gasteiger partial charge in [0.2, 0.25) is 11.4 Å². The molecule has 5 heteroatoms. The van der Waals surface area contributed by atoms with Crippen molar-refractivity contribution in [2.24, 2.45) is 0 Å². The number of benzene rings is 2. The fourth-order valence-corrected chi connectivity index (χ4v) is 10.1. The second kappa shape index (κ2) is 38.2. The molecule has 1 heterocycles. The number of nitrogens with zero attached hydrogens (tertiary/aromatic N) is 2. The first-order valence-electron chi connectivity index (χ1n) is 26.9. The van der Waals surface area contributed by atoms with E-state index in [2.05, 4.69) is 91.8 Å². The number of rotatable bonds is 38. The van der Waals surface area contributed by atoms with Crippen molar-refractivity contribution in [3.63, 3.8) is 0 Å². The topological polar surface area (TPSA) is 43.8 Å². The molecule has 1 aliphatic heterocycles. The zero-order valence-electron chi connectivity index (χ0n) is 42.5. The van der Waals surface area contributed by atoms with Gasteiger partial charge in [-0.25, -0.2) is 4.70 Å². The Hall–Kier alpha value is -1.90. The van der Waals surface area contributed by atoms with Crippen LogP contribution in [-0.2, 0) is 38.5 Å². The van der Waals surface area contributed by atoms with Gasteiger partial charge in [-0.1, -0.05) is 199 Å². The van der Waals surface area contributed by atoms with Crippen LogP contribution in [0.1, 0.15) is 268 Å². The number of hydrogen-bond acceptors (Lipinski definition) is 2. The predicted octanol–water partition coefficient (Wildman–Crippen LogP) is 19.3. The molecule has 0 N–H and O–H groups in total. The molecule has 362 valence electrons. The molecule has 0 aliphatic carbocycles. The van der Waals surface area contributed by atoms with Gasteiger partial charge < -0.3 is 5.53 Å².